The molecule has 4 N–H and O–H groups in total. The number of hydrogen-bond acceptors (Lipinski definition) is 8. The minimum absolute atomic E-state index is 0.109. The molecule has 0 aromatic carbocycles. The maximum Gasteiger partial charge on any atom is 0.340 e. The smallest absolute Gasteiger partial charge is 0.340 e. The molecular formula is C20H26ClFN2O8P2S. The van der Waals surface area contributed by atoms with Gasteiger partial charge >= 0.3 is 15.2 Å². The van der Waals surface area contributed by atoms with Crippen LogP contribution in [0, 0.1) is 11.8 Å². The zero-order valence-electron chi connectivity index (χ0n) is 18.5. The zero-order chi connectivity index (χ0) is 25.2. The Kier molecular flexibility index (Phi) is 6.88. The van der Waals surface area contributed by atoms with Crippen LogP contribution in [-0.4, -0.2) is 69.2 Å². The molecule has 2 saturated heterocycles. The number of ether oxygens (including phenoxy) is 1. The van der Waals surface area contributed by atoms with E-state index in [1.807, 2.05) is 0 Å². The van der Waals surface area contributed by atoms with Gasteiger partial charge in [-0.2, -0.15) is 0 Å². The molecule has 35 heavy (non-hydrogen) atoms. The predicted octanol–water partition coefficient (Wildman–Crippen LogP) is 3.45. The van der Waals surface area contributed by atoms with Gasteiger partial charge in [-0.3, -0.25) is 9.13 Å². The number of pyridine rings is 1. The predicted molar refractivity (Wildman–Crippen MR) is 129 cm³/mol. The van der Waals surface area contributed by atoms with Crippen molar-refractivity contribution in [3.63, 3.8) is 0 Å². The highest BCUT2D eigenvalue weighted by atomic mass is 35.5. The molecule has 4 heterocycles. The monoisotopic (exact) mass is 570 g/mol. The number of fused-ring (bicyclic) bond motifs is 2. The van der Waals surface area contributed by atoms with Crippen LogP contribution in [0.2, 0.25) is 5.15 Å². The summed E-state index contributed by atoms with van der Waals surface area (Å²) in [7, 11) is -9.50. The van der Waals surface area contributed by atoms with E-state index in [4.69, 9.17) is 30.6 Å². The molecule has 2 aromatic heterocycles. The Morgan fingerprint density at radius 1 is 1.29 bits per heavy atom. The van der Waals surface area contributed by atoms with Crippen molar-refractivity contribution >= 4 is 54.0 Å². The van der Waals surface area contributed by atoms with Gasteiger partial charge < -0.3 is 33.9 Å². The van der Waals surface area contributed by atoms with Gasteiger partial charge in [0.05, 0.1) is 29.1 Å². The third-order valence-electron chi connectivity index (χ3n) is 7.12. The summed E-state index contributed by atoms with van der Waals surface area (Å²) in [6, 6.07) is 1.79. The Bertz CT molecular complexity index is 1220. The van der Waals surface area contributed by atoms with Crippen LogP contribution < -0.4 is 4.90 Å². The molecular weight excluding hydrogens is 545 g/mol. The van der Waals surface area contributed by atoms with Gasteiger partial charge in [-0.1, -0.05) is 18.0 Å². The van der Waals surface area contributed by atoms with E-state index in [-0.39, 0.29) is 10.7 Å². The second-order valence-corrected chi connectivity index (χ2v) is 14.8. The van der Waals surface area contributed by atoms with Gasteiger partial charge in [-0.15, -0.1) is 11.3 Å². The first-order chi connectivity index (χ1) is 16.4. The first-order valence-electron chi connectivity index (χ1n) is 11.2. The van der Waals surface area contributed by atoms with E-state index in [9.17, 15) is 19.1 Å². The zero-order valence-corrected chi connectivity index (χ0v) is 21.9. The molecule has 1 saturated carbocycles. The van der Waals surface area contributed by atoms with Gasteiger partial charge in [0.15, 0.2) is 11.6 Å². The molecule has 0 bridgehead atoms. The lowest BCUT2D eigenvalue weighted by Gasteiger charge is -2.24. The summed E-state index contributed by atoms with van der Waals surface area (Å²) in [5.74, 6) is -0.104. The van der Waals surface area contributed by atoms with Gasteiger partial charge in [-0.05, 0) is 24.7 Å². The molecule has 0 amide bonds. The lowest BCUT2D eigenvalue weighted by atomic mass is 9.91. The normalized spacial score (nSPS) is 32.9. The minimum Gasteiger partial charge on any atom is -0.386 e. The summed E-state index contributed by atoms with van der Waals surface area (Å²) >= 11 is 7.63. The first kappa shape index (κ1) is 26.0. The van der Waals surface area contributed by atoms with Crippen molar-refractivity contribution in [3.05, 3.63) is 22.2 Å². The van der Waals surface area contributed by atoms with Crippen LogP contribution in [0.1, 0.15) is 24.8 Å². The van der Waals surface area contributed by atoms with E-state index >= 15 is 4.39 Å². The highest BCUT2D eigenvalue weighted by Gasteiger charge is 2.53. The number of hydrogen-bond donors (Lipinski definition) is 4. The topological polar surface area (TPSA) is 150 Å². The van der Waals surface area contributed by atoms with E-state index in [1.54, 1.807) is 11.4 Å². The number of aromatic nitrogens is 1. The molecule has 1 aliphatic carbocycles. The van der Waals surface area contributed by atoms with E-state index in [0.29, 0.717) is 17.4 Å². The Morgan fingerprint density at radius 3 is 2.63 bits per heavy atom. The summed E-state index contributed by atoms with van der Waals surface area (Å²) in [4.78, 5) is 34.1. The molecule has 2 aromatic rings. The van der Waals surface area contributed by atoms with E-state index in [0.717, 1.165) is 23.5 Å². The lowest BCUT2D eigenvalue weighted by molar-refractivity contribution is -0.0115. The summed E-state index contributed by atoms with van der Waals surface area (Å²) in [6.45, 7) is 0.544. The van der Waals surface area contributed by atoms with E-state index in [2.05, 4.69) is 9.88 Å². The summed E-state index contributed by atoms with van der Waals surface area (Å²) < 4.78 is 50.0. The van der Waals surface area contributed by atoms with Crippen molar-refractivity contribution in [2.75, 3.05) is 37.1 Å². The van der Waals surface area contributed by atoms with E-state index in [1.165, 1.54) is 30.6 Å². The number of aliphatic hydroxyl groups is 1. The molecule has 3 unspecified atom stereocenters. The maximum atomic E-state index is 16.2. The van der Waals surface area contributed by atoms with Crippen molar-refractivity contribution < 1.29 is 42.6 Å². The van der Waals surface area contributed by atoms with E-state index < -0.39 is 52.2 Å². The second-order valence-electron chi connectivity index (χ2n) is 9.54. The Hall–Kier alpha value is -0.650. The van der Waals surface area contributed by atoms with Crippen LogP contribution in [0.25, 0.3) is 10.2 Å². The van der Waals surface area contributed by atoms with Gasteiger partial charge in [0.2, 0.25) is 0 Å². The number of halogens is 2. The average Bonchev–Trinajstić information content (AvgIpc) is 3.49. The molecule has 15 heteroatoms. The largest absolute Gasteiger partial charge is 0.386 e. The van der Waals surface area contributed by atoms with Gasteiger partial charge in [-0.25, -0.2) is 9.37 Å². The summed E-state index contributed by atoms with van der Waals surface area (Å²) in [5, 5.41) is 12.5. The highest BCUT2D eigenvalue weighted by molar-refractivity contribution is 7.70. The minimum atomic E-state index is -4.82. The fraction of sp³-hybridized carbons (Fsp3) is 0.650. The number of rotatable bonds is 7. The summed E-state index contributed by atoms with van der Waals surface area (Å²) in [5.41, 5.74) is -1.05. The van der Waals surface area contributed by atoms with Crippen molar-refractivity contribution in [1.82, 2.24) is 4.98 Å². The Labute approximate surface area is 209 Å². The van der Waals surface area contributed by atoms with Crippen LogP contribution in [-0.2, 0) is 24.1 Å². The number of thiophene rings is 1. The van der Waals surface area contributed by atoms with Crippen LogP contribution in [0.3, 0.4) is 0 Å². The quantitative estimate of drug-likeness (QED) is 0.288. The molecule has 10 nitrogen and oxygen atoms in total. The standard InChI is InChI=1S/C20H26ClFN2O8P2S/c21-16-4-14(24-5-11-2-1-3-12(11)6-24)18-17(23-16)13(8-35-18)20(22)9-31-15(19(20)25)7-32-34(29,30)10-33(26,27)28/h4,8,11-12,15,19,25H,1-3,5-7,9-10H2,(H,29,30)(H2,26,27,28)/t11?,12?,15-,19-,20-/m1/s1. The van der Waals surface area contributed by atoms with Crippen LogP contribution >= 0.6 is 38.1 Å². The molecule has 5 rings (SSSR count). The van der Waals surface area contributed by atoms with Crippen molar-refractivity contribution in [3.8, 4) is 0 Å². The fourth-order valence-corrected chi connectivity index (χ4v) is 9.34. The molecule has 0 spiro atoms. The number of aliphatic hydroxyl groups excluding tert-OH is 1. The molecule has 6 atom stereocenters. The SMILES string of the molecule is O=P(O)(O)CP(=O)(O)OC[C@H]1OC[C@@](F)(c2csc3c(N4CC5CCCC5C4)cc(Cl)nc23)[C@@H]1O. The Balaban J connectivity index is 1.38. The van der Waals surface area contributed by atoms with Crippen molar-refractivity contribution in [1.29, 1.82) is 0 Å². The highest BCUT2D eigenvalue weighted by Crippen LogP contribution is 2.56. The average molecular weight is 571 g/mol. The number of anilines is 1. The first-order valence-corrected chi connectivity index (χ1v) is 16.0. The number of alkyl halides is 1. The van der Waals surface area contributed by atoms with Gasteiger partial charge in [0, 0.05) is 30.1 Å². The van der Waals surface area contributed by atoms with Crippen molar-refractivity contribution in [2.45, 2.75) is 37.1 Å². The Morgan fingerprint density at radius 2 is 1.97 bits per heavy atom. The van der Waals surface area contributed by atoms with Crippen LogP contribution in [0.4, 0.5) is 10.1 Å². The third kappa shape index (κ3) is 5.08. The van der Waals surface area contributed by atoms with Crippen LogP contribution in [0.5, 0.6) is 0 Å². The third-order valence-corrected chi connectivity index (χ3v) is 11.8. The number of nitrogens with zero attached hydrogens (tertiary/aromatic N) is 2. The molecule has 3 fully saturated rings. The second kappa shape index (κ2) is 9.27. The molecule has 194 valence electrons. The fourth-order valence-electron chi connectivity index (χ4n) is 5.46. The van der Waals surface area contributed by atoms with Gasteiger partial charge in [0.25, 0.3) is 0 Å². The van der Waals surface area contributed by atoms with Gasteiger partial charge in [0.1, 0.15) is 17.4 Å². The maximum absolute atomic E-state index is 16.2. The van der Waals surface area contributed by atoms with Crippen molar-refractivity contribution in [2.24, 2.45) is 11.8 Å². The molecule has 0 radical (unpaired) electrons. The lowest BCUT2D eigenvalue weighted by Crippen LogP contribution is -2.39. The molecule has 3 aliphatic rings. The molecule has 2 aliphatic heterocycles. The van der Waals surface area contributed by atoms with Crippen LogP contribution in [0.15, 0.2) is 11.4 Å². The summed E-state index contributed by atoms with van der Waals surface area (Å²) in [6.07, 6.45) is 0.550.